The van der Waals surface area contributed by atoms with Crippen LogP contribution in [-0.4, -0.2) is 36.3 Å². The third-order valence-corrected chi connectivity index (χ3v) is 3.68. The maximum atomic E-state index is 5.78. The number of anilines is 2. The molecule has 0 amide bonds. The van der Waals surface area contributed by atoms with Gasteiger partial charge < -0.3 is 15.4 Å². The van der Waals surface area contributed by atoms with E-state index in [2.05, 4.69) is 28.7 Å². The highest BCUT2D eigenvalue weighted by Crippen LogP contribution is 2.29. The lowest BCUT2D eigenvalue weighted by Crippen LogP contribution is -2.37. The number of methoxy groups -OCH3 is 1. The lowest BCUT2D eigenvalue weighted by atomic mass is 10.2. The molecular formula is C12H18N4OS. The summed E-state index contributed by atoms with van der Waals surface area (Å²) in [5, 5.41) is 3.07. The molecule has 5 nitrogen and oxygen atoms in total. The summed E-state index contributed by atoms with van der Waals surface area (Å²) in [4.78, 5) is 11.8. The third kappa shape index (κ3) is 2.39. The van der Waals surface area contributed by atoms with E-state index in [1.54, 1.807) is 18.4 Å². The first-order valence-corrected chi connectivity index (χ1v) is 6.81. The largest absolute Gasteiger partial charge is 0.383 e. The van der Waals surface area contributed by atoms with Gasteiger partial charge in [-0.1, -0.05) is 0 Å². The second-order valence-corrected chi connectivity index (χ2v) is 5.03. The normalized spacial score (nSPS) is 12.8. The van der Waals surface area contributed by atoms with Crippen molar-refractivity contribution in [2.45, 2.75) is 19.9 Å². The Hall–Kier alpha value is -1.40. The summed E-state index contributed by atoms with van der Waals surface area (Å²) < 4.78 is 5.22. The Morgan fingerprint density at radius 3 is 2.94 bits per heavy atom. The number of hydrogen-bond acceptors (Lipinski definition) is 6. The molecule has 6 heteroatoms. The summed E-state index contributed by atoms with van der Waals surface area (Å²) in [6.45, 7) is 5.72. The fraction of sp³-hybridized carbons (Fsp3) is 0.500. The van der Waals surface area contributed by atoms with Gasteiger partial charge in [0, 0.05) is 13.7 Å². The van der Waals surface area contributed by atoms with Crippen molar-refractivity contribution in [3.63, 3.8) is 0 Å². The molecule has 0 aliphatic carbocycles. The second-order valence-electron chi connectivity index (χ2n) is 4.14. The van der Waals surface area contributed by atoms with Crippen LogP contribution in [0, 0.1) is 0 Å². The predicted molar refractivity (Wildman–Crippen MR) is 76.2 cm³/mol. The van der Waals surface area contributed by atoms with Gasteiger partial charge in [0.25, 0.3) is 0 Å². The molecule has 2 heterocycles. The SMILES string of the molecule is CCN(c1nc(N)nc2sccc12)C(C)COC. The van der Waals surface area contributed by atoms with E-state index in [-0.39, 0.29) is 6.04 Å². The number of thiophene rings is 1. The average molecular weight is 266 g/mol. The Labute approximate surface area is 111 Å². The highest BCUT2D eigenvalue weighted by atomic mass is 32.1. The van der Waals surface area contributed by atoms with E-state index in [4.69, 9.17) is 10.5 Å². The number of fused-ring (bicyclic) bond motifs is 1. The maximum Gasteiger partial charge on any atom is 0.223 e. The molecule has 0 saturated carbocycles. The Kier molecular flexibility index (Phi) is 3.98. The van der Waals surface area contributed by atoms with Gasteiger partial charge in [0.1, 0.15) is 10.6 Å². The zero-order valence-electron chi connectivity index (χ0n) is 10.9. The van der Waals surface area contributed by atoms with E-state index >= 15 is 0 Å². The van der Waals surface area contributed by atoms with Crippen LogP contribution in [0.2, 0.25) is 0 Å². The lowest BCUT2D eigenvalue weighted by Gasteiger charge is -2.29. The van der Waals surface area contributed by atoms with Crippen LogP contribution in [0.1, 0.15) is 13.8 Å². The molecule has 0 aliphatic rings. The van der Waals surface area contributed by atoms with Crippen LogP contribution < -0.4 is 10.6 Å². The first kappa shape index (κ1) is 13.0. The zero-order chi connectivity index (χ0) is 13.1. The molecule has 0 aromatic carbocycles. The molecule has 2 rings (SSSR count). The van der Waals surface area contributed by atoms with E-state index in [0.717, 1.165) is 22.6 Å². The Balaban J connectivity index is 2.46. The fourth-order valence-corrected chi connectivity index (χ4v) is 2.84. The van der Waals surface area contributed by atoms with Crippen LogP contribution in [0.3, 0.4) is 0 Å². The van der Waals surface area contributed by atoms with Gasteiger partial charge in [0.15, 0.2) is 0 Å². The molecule has 98 valence electrons. The van der Waals surface area contributed by atoms with Crippen molar-refractivity contribution in [2.24, 2.45) is 0 Å². The van der Waals surface area contributed by atoms with Crippen molar-refractivity contribution in [3.8, 4) is 0 Å². The molecule has 18 heavy (non-hydrogen) atoms. The average Bonchev–Trinajstić information content (AvgIpc) is 2.78. The quantitative estimate of drug-likeness (QED) is 0.898. The number of ether oxygens (including phenoxy) is 1. The molecule has 1 atom stereocenters. The van der Waals surface area contributed by atoms with E-state index in [9.17, 15) is 0 Å². The molecule has 2 N–H and O–H groups in total. The zero-order valence-corrected chi connectivity index (χ0v) is 11.7. The summed E-state index contributed by atoms with van der Waals surface area (Å²) in [6.07, 6.45) is 0. The smallest absolute Gasteiger partial charge is 0.223 e. The summed E-state index contributed by atoms with van der Waals surface area (Å²) in [5.41, 5.74) is 5.78. The molecule has 0 radical (unpaired) electrons. The van der Waals surface area contributed by atoms with Crippen LogP contribution >= 0.6 is 11.3 Å². The molecule has 0 fully saturated rings. The lowest BCUT2D eigenvalue weighted by molar-refractivity contribution is 0.182. The number of hydrogen-bond donors (Lipinski definition) is 1. The summed E-state index contributed by atoms with van der Waals surface area (Å²) in [6, 6.07) is 2.29. The maximum absolute atomic E-state index is 5.78. The first-order chi connectivity index (χ1) is 8.67. The summed E-state index contributed by atoms with van der Waals surface area (Å²) in [7, 11) is 1.71. The van der Waals surface area contributed by atoms with Crippen molar-refractivity contribution in [1.29, 1.82) is 0 Å². The van der Waals surface area contributed by atoms with E-state index in [1.807, 2.05) is 11.4 Å². The standard InChI is InChI=1S/C12H18N4OS/c1-4-16(8(2)7-17-3)10-9-5-6-18-11(9)15-12(13)14-10/h5-6,8H,4,7H2,1-3H3,(H2,13,14,15). The van der Waals surface area contributed by atoms with Gasteiger partial charge in [-0.15, -0.1) is 11.3 Å². The highest BCUT2D eigenvalue weighted by molar-refractivity contribution is 7.16. The van der Waals surface area contributed by atoms with Crippen LogP contribution in [0.25, 0.3) is 10.2 Å². The van der Waals surface area contributed by atoms with Gasteiger partial charge in [0.2, 0.25) is 5.95 Å². The van der Waals surface area contributed by atoms with Crippen LogP contribution in [0.15, 0.2) is 11.4 Å². The van der Waals surface area contributed by atoms with Crippen molar-refractivity contribution in [2.75, 3.05) is 30.9 Å². The molecule has 0 bridgehead atoms. The minimum atomic E-state index is 0.248. The Morgan fingerprint density at radius 1 is 1.50 bits per heavy atom. The van der Waals surface area contributed by atoms with E-state index in [1.165, 1.54) is 0 Å². The summed E-state index contributed by atoms with van der Waals surface area (Å²) in [5.74, 6) is 1.22. The first-order valence-electron chi connectivity index (χ1n) is 5.93. The van der Waals surface area contributed by atoms with Crippen molar-refractivity contribution in [3.05, 3.63) is 11.4 Å². The minimum absolute atomic E-state index is 0.248. The highest BCUT2D eigenvalue weighted by Gasteiger charge is 2.18. The van der Waals surface area contributed by atoms with Gasteiger partial charge in [-0.05, 0) is 25.3 Å². The van der Waals surface area contributed by atoms with Gasteiger partial charge in [-0.2, -0.15) is 4.98 Å². The molecule has 0 spiro atoms. The van der Waals surface area contributed by atoms with Gasteiger partial charge in [-0.3, -0.25) is 0 Å². The van der Waals surface area contributed by atoms with E-state index < -0.39 is 0 Å². The molecule has 0 saturated heterocycles. The fourth-order valence-electron chi connectivity index (χ4n) is 2.08. The van der Waals surface area contributed by atoms with Crippen LogP contribution in [0.4, 0.5) is 11.8 Å². The Morgan fingerprint density at radius 2 is 2.28 bits per heavy atom. The monoisotopic (exact) mass is 266 g/mol. The topological polar surface area (TPSA) is 64.3 Å². The number of aromatic nitrogens is 2. The van der Waals surface area contributed by atoms with E-state index in [0.29, 0.717) is 12.6 Å². The summed E-state index contributed by atoms with van der Waals surface area (Å²) >= 11 is 1.58. The molecular weight excluding hydrogens is 248 g/mol. The number of likely N-dealkylation sites (N-methyl/N-ethyl adjacent to an activating group) is 1. The van der Waals surface area contributed by atoms with Gasteiger partial charge >= 0.3 is 0 Å². The number of nitrogen functional groups attached to an aromatic ring is 1. The van der Waals surface area contributed by atoms with Crippen molar-refractivity contribution >= 4 is 33.3 Å². The molecule has 2 aromatic heterocycles. The van der Waals surface area contributed by atoms with Gasteiger partial charge in [0.05, 0.1) is 18.0 Å². The van der Waals surface area contributed by atoms with Crippen LogP contribution in [-0.2, 0) is 4.74 Å². The molecule has 2 aromatic rings. The number of nitrogens with zero attached hydrogens (tertiary/aromatic N) is 3. The second kappa shape index (κ2) is 5.49. The van der Waals surface area contributed by atoms with Crippen molar-refractivity contribution in [1.82, 2.24) is 9.97 Å². The number of nitrogens with two attached hydrogens (primary N) is 1. The van der Waals surface area contributed by atoms with Crippen LogP contribution in [0.5, 0.6) is 0 Å². The minimum Gasteiger partial charge on any atom is -0.383 e. The number of rotatable bonds is 5. The Bertz CT molecular complexity index is 528. The van der Waals surface area contributed by atoms with Crippen molar-refractivity contribution < 1.29 is 4.74 Å². The molecule has 1 unspecified atom stereocenters. The molecule has 0 aliphatic heterocycles. The third-order valence-electron chi connectivity index (χ3n) is 2.87. The predicted octanol–water partition coefficient (Wildman–Crippen LogP) is 2.13. The van der Waals surface area contributed by atoms with Gasteiger partial charge in [-0.25, -0.2) is 4.98 Å².